The Morgan fingerprint density at radius 2 is 0.487 bits per heavy atom. The van der Waals surface area contributed by atoms with Gasteiger partial charge in [-0.2, -0.15) is 0 Å². The maximum Gasteiger partial charge on any atom is 0.245 e. The smallest absolute Gasteiger partial charge is 0.0909 e. The molecule has 0 N–H and O–H groups in total. The van der Waals surface area contributed by atoms with Crippen LogP contribution in [0.4, 0.5) is 0 Å². The molecule has 80 heavy (non-hydrogen) atoms. The van der Waals surface area contributed by atoms with Crippen LogP contribution >= 0.6 is 23.5 Å². The lowest BCUT2D eigenvalue weighted by atomic mass is 9.31. The Hall–Kier alpha value is -6.06. The van der Waals surface area contributed by atoms with Crippen LogP contribution in [0, 0.1) is 138 Å². The van der Waals surface area contributed by atoms with Crippen LogP contribution in [0.25, 0.3) is 0 Å². The third-order valence-corrected chi connectivity index (χ3v) is 21.1. The van der Waals surface area contributed by atoms with E-state index in [0.717, 1.165) is 0 Å². The molecule has 0 radical (unpaired) electrons. The van der Waals surface area contributed by atoms with E-state index in [2.05, 4.69) is 248 Å². The van der Waals surface area contributed by atoms with E-state index in [-0.39, 0.29) is 26.9 Å². The molecule has 398 valence electrons. The third-order valence-electron chi connectivity index (χ3n) is 18.5. The fourth-order valence-electron chi connectivity index (χ4n) is 16.0. The van der Waals surface area contributed by atoms with Crippen LogP contribution in [0.15, 0.2) is 129 Å². The third kappa shape index (κ3) is 9.43. The van der Waals surface area contributed by atoms with Crippen LogP contribution in [0.2, 0.25) is 0 Å². The highest BCUT2D eigenvalue weighted by atomic mass is 32.2. The van der Waals surface area contributed by atoms with E-state index in [9.17, 15) is 0 Å². The highest BCUT2D eigenvalue weighted by Crippen LogP contribution is 2.40. The van der Waals surface area contributed by atoms with Crippen LogP contribution in [0.3, 0.4) is 0 Å². The molecule has 9 aromatic rings. The summed E-state index contributed by atoms with van der Waals surface area (Å²) in [6.07, 6.45) is 0. The molecule has 0 aromatic heterocycles. The zero-order valence-corrected chi connectivity index (χ0v) is 53.2. The molecule has 9 aromatic carbocycles. The largest absolute Gasteiger partial charge is 0.245 e. The van der Waals surface area contributed by atoms with Crippen molar-refractivity contribution in [2.24, 2.45) is 0 Å². The second-order valence-electron chi connectivity index (χ2n) is 25.1. The van der Waals surface area contributed by atoms with E-state index in [0.29, 0.717) is 0 Å². The summed E-state index contributed by atoms with van der Waals surface area (Å²) in [7, 11) is 0. The molecule has 0 unspecified atom stereocenters. The topological polar surface area (TPSA) is 0 Å². The molecule has 0 atom stereocenters. The molecule has 0 fully saturated rings. The Morgan fingerprint density at radius 1 is 0.263 bits per heavy atom. The van der Waals surface area contributed by atoms with E-state index in [1.807, 2.05) is 23.5 Å². The van der Waals surface area contributed by atoms with Gasteiger partial charge in [-0.1, -0.05) is 298 Å². The average molecular weight is 1070 g/mol. The average Bonchev–Trinajstić information content (AvgIpc) is 3.37. The summed E-state index contributed by atoms with van der Waals surface area (Å²) in [6, 6.07) is 44.2. The maximum absolute atomic E-state index is 2.62. The van der Waals surface area contributed by atoms with E-state index in [1.165, 1.54) is 196 Å². The minimum atomic E-state index is 0.0584. The fraction of sp³-hybridized carbons (Fsp3) is 0.270. The van der Waals surface area contributed by atoms with Crippen molar-refractivity contribution in [3.8, 4) is 0 Å². The molecular formula is C74H78B4S2. The van der Waals surface area contributed by atoms with Crippen LogP contribution in [-0.4, -0.2) is 26.9 Å². The first-order chi connectivity index (χ1) is 37.9. The zero-order chi connectivity index (χ0) is 57.2. The van der Waals surface area contributed by atoms with Crippen LogP contribution in [0.5, 0.6) is 0 Å². The zero-order valence-electron chi connectivity index (χ0n) is 51.5. The van der Waals surface area contributed by atoms with E-state index >= 15 is 0 Å². The number of fused-ring (bicyclic) bond motifs is 4. The summed E-state index contributed by atoms with van der Waals surface area (Å²) in [5.74, 6) is 0. The van der Waals surface area contributed by atoms with Gasteiger partial charge in [-0.05, 0) is 150 Å². The first-order valence-electron chi connectivity index (χ1n) is 29.2. The Kier molecular flexibility index (Phi) is 14.7. The standard InChI is InChI=1S/C74H78B4S2/c1-39-25-45(7)65(46(8)26-39)75(66-47(9)27-40(2)28-48(66)10)59-21-23-61-63(37-59)79-73-57(19)72-74(58(20)71(73)77(61)69-53(15)33-43(5)34-54(69)16)80-64-38-60(22-24-62(64)78(72)70-55(17)35-44(6)36-56(70)18)76(67-49(11)29-41(3)30-50(67)12)68-51(13)31-42(4)32-52(68)14/h21-38H,1-20H3. The lowest BCUT2D eigenvalue weighted by Crippen LogP contribution is -2.63. The van der Waals surface area contributed by atoms with Crippen LogP contribution in [-0.2, 0) is 0 Å². The number of rotatable bonds is 8. The lowest BCUT2D eigenvalue weighted by molar-refractivity contribution is 1.22. The molecule has 2 aliphatic heterocycles. The quantitative estimate of drug-likeness (QED) is 0.139. The number of hydrogen-bond donors (Lipinski definition) is 0. The van der Waals surface area contributed by atoms with Gasteiger partial charge in [-0.25, -0.2) is 0 Å². The highest BCUT2D eigenvalue weighted by Gasteiger charge is 2.43. The predicted octanol–water partition coefficient (Wildman–Crippen LogP) is 10.8. The molecule has 2 heterocycles. The van der Waals surface area contributed by atoms with Gasteiger partial charge < -0.3 is 0 Å². The minimum Gasteiger partial charge on any atom is -0.0909 e. The Bertz CT molecular complexity index is 3580. The van der Waals surface area contributed by atoms with Crippen molar-refractivity contribution in [3.63, 3.8) is 0 Å². The molecule has 0 aliphatic carbocycles. The normalized spacial score (nSPS) is 12.6. The fourth-order valence-corrected chi connectivity index (χ4v) is 18.8. The Morgan fingerprint density at radius 3 is 0.725 bits per heavy atom. The first-order valence-corrected chi connectivity index (χ1v) is 30.8. The van der Waals surface area contributed by atoms with Crippen molar-refractivity contribution in [1.82, 2.24) is 0 Å². The summed E-state index contributed by atoms with van der Waals surface area (Å²) in [5.41, 5.74) is 44.2. The van der Waals surface area contributed by atoms with Gasteiger partial charge in [0.25, 0.3) is 0 Å². The molecule has 0 nitrogen and oxygen atoms in total. The molecule has 0 amide bonds. The molecule has 0 spiro atoms. The molecule has 0 saturated heterocycles. The van der Waals surface area contributed by atoms with Crippen molar-refractivity contribution in [3.05, 3.63) is 220 Å². The summed E-state index contributed by atoms with van der Waals surface area (Å²) >= 11 is 4.08. The van der Waals surface area contributed by atoms with Gasteiger partial charge >= 0.3 is 0 Å². The van der Waals surface area contributed by atoms with Crippen LogP contribution in [0.1, 0.15) is 111 Å². The van der Waals surface area contributed by atoms with Gasteiger partial charge in [0.15, 0.2) is 0 Å². The summed E-state index contributed by atoms with van der Waals surface area (Å²) < 4.78 is 0. The molecular weight excluding hydrogens is 996 g/mol. The van der Waals surface area contributed by atoms with Gasteiger partial charge in [0, 0.05) is 19.6 Å². The van der Waals surface area contributed by atoms with Crippen LogP contribution < -0.4 is 65.6 Å². The van der Waals surface area contributed by atoms with E-state index < -0.39 is 0 Å². The maximum atomic E-state index is 2.62. The molecule has 2 aliphatic rings. The Balaban J connectivity index is 1.18. The van der Waals surface area contributed by atoms with Gasteiger partial charge in [0.2, 0.25) is 26.9 Å². The SMILES string of the molecule is Cc1cc(C)c(B(c2ccc3c(c2)Sc2c(C)c4c(c(C)c2B3c2c(C)cc(C)cc2C)Sc2cc(B(c3c(C)cc(C)cc3C)c3c(C)cc(C)cc3C)ccc2B4c2c(C)cc(C)cc2C)c2c(C)cc(C)cc2C)c(C)c1. The molecule has 0 bridgehead atoms. The van der Waals surface area contributed by atoms with Crippen molar-refractivity contribution >= 4 is 116 Å². The summed E-state index contributed by atoms with van der Waals surface area (Å²) in [5, 5.41) is 0. The van der Waals surface area contributed by atoms with E-state index in [4.69, 9.17) is 0 Å². The van der Waals surface area contributed by atoms with Gasteiger partial charge in [0.05, 0.1) is 0 Å². The van der Waals surface area contributed by atoms with Crippen molar-refractivity contribution in [2.45, 2.75) is 158 Å². The summed E-state index contributed by atoms with van der Waals surface area (Å²) in [6.45, 7) is 46.9. The van der Waals surface area contributed by atoms with Crippen molar-refractivity contribution < 1.29 is 0 Å². The second kappa shape index (κ2) is 21.0. The monoisotopic (exact) mass is 1070 g/mol. The highest BCUT2D eigenvalue weighted by molar-refractivity contribution is 8.00. The van der Waals surface area contributed by atoms with Gasteiger partial charge in [0.1, 0.15) is 0 Å². The Labute approximate surface area is 491 Å². The molecule has 6 heteroatoms. The van der Waals surface area contributed by atoms with Gasteiger partial charge in [-0.15, -0.1) is 0 Å². The number of benzene rings is 9. The van der Waals surface area contributed by atoms with Crippen molar-refractivity contribution in [2.75, 3.05) is 0 Å². The van der Waals surface area contributed by atoms with Crippen molar-refractivity contribution in [1.29, 1.82) is 0 Å². The molecule has 0 saturated carbocycles. The predicted molar refractivity (Wildman–Crippen MR) is 360 cm³/mol. The number of hydrogen-bond acceptors (Lipinski definition) is 2. The first kappa shape index (κ1) is 55.8. The van der Waals surface area contributed by atoms with Gasteiger partial charge in [-0.3, -0.25) is 0 Å². The second-order valence-corrected chi connectivity index (χ2v) is 27.2. The van der Waals surface area contributed by atoms with E-state index in [1.54, 1.807) is 0 Å². The lowest BCUT2D eigenvalue weighted by Gasteiger charge is -2.38. The number of aryl methyl sites for hydroxylation is 18. The summed E-state index contributed by atoms with van der Waals surface area (Å²) in [4.78, 5) is 5.61. The minimum absolute atomic E-state index is 0.0584. The molecule has 11 rings (SSSR count).